The van der Waals surface area contributed by atoms with Gasteiger partial charge in [-0.1, -0.05) is 18.2 Å². The molecule has 0 saturated carbocycles. The lowest BCUT2D eigenvalue weighted by Gasteiger charge is -2.19. The summed E-state index contributed by atoms with van der Waals surface area (Å²) in [4.78, 5) is 0. The zero-order valence-corrected chi connectivity index (χ0v) is 8.78. The molecule has 0 heterocycles. The van der Waals surface area contributed by atoms with Gasteiger partial charge in [-0.25, -0.2) is 4.39 Å². The van der Waals surface area contributed by atoms with Crippen molar-refractivity contribution in [1.82, 2.24) is 5.32 Å². The summed E-state index contributed by atoms with van der Waals surface area (Å²) < 4.78 is 12.6. The van der Waals surface area contributed by atoms with E-state index in [2.05, 4.69) is 11.9 Å². The quantitative estimate of drug-likeness (QED) is 0.727. The van der Waals surface area contributed by atoms with Gasteiger partial charge in [0.2, 0.25) is 0 Å². The minimum absolute atomic E-state index is 0.0894. The average Bonchev–Trinajstić information content (AvgIpc) is 2.26. The molecule has 0 aliphatic rings. The predicted molar refractivity (Wildman–Crippen MR) is 59.0 cm³/mol. The molecule has 0 fully saturated rings. The smallest absolute Gasteiger partial charge is 0.123 e. The van der Waals surface area contributed by atoms with Gasteiger partial charge in [0, 0.05) is 12.6 Å². The van der Waals surface area contributed by atoms with E-state index in [0.717, 1.165) is 0 Å². The molecule has 1 aromatic rings. The van der Waals surface area contributed by atoms with Gasteiger partial charge in [0.05, 0.1) is 6.10 Å². The number of halogens is 1. The van der Waals surface area contributed by atoms with Gasteiger partial charge in [-0.2, -0.15) is 0 Å². The van der Waals surface area contributed by atoms with Crippen LogP contribution >= 0.6 is 0 Å². The van der Waals surface area contributed by atoms with E-state index in [1.54, 1.807) is 18.2 Å². The summed E-state index contributed by atoms with van der Waals surface area (Å²) in [5, 5.41) is 13.0. The van der Waals surface area contributed by atoms with E-state index < -0.39 is 6.10 Å². The van der Waals surface area contributed by atoms with Crippen molar-refractivity contribution in [3.05, 3.63) is 48.3 Å². The van der Waals surface area contributed by atoms with Crippen molar-refractivity contribution in [2.24, 2.45) is 0 Å². The van der Waals surface area contributed by atoms with Crippen LogP contribution in [0.15, 0.2) is 36.9 Å². The summed E-state index contributed by atoms with van der Waals surface area (Å²) in [7, 11) is 0. The van der Waals surface area contributed by atoms with E-state index in [1.807, 2.05) is 6.92 Å². The maximum absolute atomic E-state index is 12.6. The lowest BCUT2D eigenvalue weighted by atomic mass is 10.0. The van der Waals surface area contributed by atoms with Gasteiger partial charge in [0.25, 0.3) is 0 Å². The molecule has 1 rings (SSSR count). The third kappa shape index (κ3) is 3.46. The van der Waals surface area contributed by atoms with Crippen molar-refractivity contribution < 1.29 is 9.50 Å². The highest BCUT2D eigenvalue weighted by Crippen LogP contribution is 2.16. The van der Waals surface area contributed by atoms with Crippen molar-refractivity contribution in [3.63, 3.8) is 0 Å². The van der Waals surface area contributed by atoms with Crippen molar-refractivity contribution in [3.8, 4) is 0 Å². The van der Waals surface area contributed by atoms with E-state index in [4.69, 9.17) is 0 Å². The van der Waals surface area contributed by atoms with Crippen LogP contribution in [0.4, 0.5) is 4.39 Å². The minimum atomic E-state index is -0.634. The standard InChI is InChI=1S/C12H16FNO/c1-3-8-14-9(2)12(15)10-4-6-11(13)7-5-10/h3-7,9,12,14-15H,1,8H2,2H3. The van der Waals surface area contributed by atoms with Gasteiger partial charge in [0.15, 0.2) is 0 Å². The van der Waals surface area contributed by atoms with E-state index in [9.17, 15) is 9.50 Å². The Bertz CT molecular complexity index is 310. The number of aliphatic hydroxyl groups is 1. The van der Waals surface area contributed by atoms with Gasteiger partial charge in [-0.3, -0.25) is 0 Å². The van der Waals surface area contributed by atoms with Crippen molar-refractivity contribution >= 4 is 0 Å². The molecule has 0 bridgehead atoms. The Morgan fingerprint density at radius 1 is 1.47 bits per heavy atom. The summed E-state index contributed by atoms with van der Waals surface area (Å²) in [5.41, 5.74) is 0.709. The molecule has 0 saturated heterocycles. The van der Waals surface area contributed by atoms with Crippen LogP contribution in [0.5, 0.6) is 0 Å². The Kier molecular flexibility index (Phi) is 4.46. The molecule has 0 spiro atoms. The molecule has 0 radical (unpaired) electrons. The zero-order valence-electron chi connectivity index (χ0n) is 8.78. The van der Waals surface area contributed by atoms with Crippen LogP contribution in [-0.2, 0) is 0 Å². The van der Waals surface area contributed by atoms with Crippen LogP contribution in [0.25, 0.3) is 0 Å². The number of hydrogen-bond donors (Lipinski definition) is 2. The van der Waals surface area contributed by atoms with Gasteiger partial charge in [-0.15, -0.1) is 6.58 Å². The Morgan fingerprint density at radius 2 is 2.07 bits per heavy atom. The Morgan fingerprint density at radius 3 is 2.60 bits per heavy atom. The Hall–Kier alpha value is -1.19. The summed E-state index contributed by atoms with van der Waals surface area (Å²) in [6, 6.07) is 5.78. The van der Waals surface area contributed by atoms with Gasteiger partial charge >= 0.3 is 0 Å². The first kappa shape index (κ1) is 11.9. The molecule has 1 aromatic carbocycles. The molecule has 82 valence electrons. The molecule has 2 nitrogen and oxygen atoms in total. The summed E-state index contributed by atoms with van der Waals surface area (Å²) in [6.45, 7) is 6.09. The lowest BCUT2D eigenvalue weighted by Crippen LogP contribution is -2.32. The zero-order chi connectivity index (χ0) is 11.3. The first-order valence-electron chi connectivity index (χ1n) is 4.93. The molecular formula is C12H16FNO. The van der Waals surface area contributed by atoms with Crippen molar-refractivity contribution in [2.75, 3.05) is 6.54 Å². The molecule has 2 N–H and O–H groups in total. The van der Waals surface area contributed by atoms with Gasteiger partial charge in [0.1, 0.15) is 5.82 Å². The predicted octanol–water partition coefficient (Wildman–Crippen LogP) is 2.02. The fourth-order valence-corrected chi connectivity index (χ4v) is 1.33. The average molecular weight is 209 g/mol. The molecule has 3 heteroatoms. The lowest BCUT2D eigenvalue weighted by molar-refractivity contribution is 0.138. The number of benzene rings is 1. The summed E-state index contributed by atoms with van der Waals surface area (Å²) >= 11 is 0. The molecule has 0 amide bonds. The van der Waals surface area contributed by atoms with E-state index in [-0.39, 0.29) is 11.9 Å². The Labute approximate surface area is 89.4 Å². The summed E-state index contributed by atoms with van der Waals surface area (Å²) in [5.74, 6) is -0.294. The molecular weight excluding hydrogens is 193 g/mol. The highest BCUT2D eigenvalue weighted by molar-refractivity contribution is 5.19. The second-order valence-corrected chi connectivity index (χ2v) is 3.48. The van der Waals surface area contributed by atoms with Crippen LogP contribution < -0.4 is 5.32 Å². The van der Waals surface area contributed by atoms with Crippen molar-refractivity contribution in [1.29, 1.82) is 0 Å². The van der Waals surface area contributed by atoms with Crippen LogP contribution in [0.3, 0.4) is 0 Å². The normalized spacial score (nSPS) is 14.6. The number of aliphatic hydroxyl groups excluding tert-OH is 1. The fraction of sp³-hybridized carbons (Fsp3) is 0.333. The Balaban J connectivity index is 2.62. The number of hydrogen-bond acceptors (Lipinski definition) is 2. The van der Waals surface area contributed by atoms with Gasteiger partial charge < -0.3 is 10.4 Å². The topological polar surface area (TPSA) is 32.3 Å². The van der Waals surface area contributed by atoms with E-state index >= 15 is 0 Å². The summed E-state index contributed by atoms with van der Waals surface area (Å²) in [6.07, 6.45) is 1.10. The molecule has 2 atom stereocenters. The molecule has 15 heavy (non-hydrogen) atoms. The van der Waals surface area contributed by atoms with Crippen LogP contribution in [0.1, 0.15) is 18.6 Å². The molecule has 0 aliphatic heterocycles. The second kappa shape index (κ2) is 5.63. The largest absolute Gasteiger partial charge is 0.387 e. The van der Waals surface area contributed by atoms with E-state index in [1.165, 1.54) is 12.1 Å². The molecule has 0 aliphatic carbocycles. The van der Waals surface area contributed by atoms with Crippen molar-refractivity contribution in [2.45, 2.75) is 19.1 Å². The first-order chi connectivity index (χ1) is 7.15. The molecule has 0 aromatic heterocycles. The van der Waals surface area contributed by atoms with Crippen LogP contribution in [-0.4, -0.2) is 17.7 Å². The second-order valence-electron chi connectivity index (χ2n) is 3.48. The molecule has 2 unspecified atom stereocenters. The number of rotatable bonds is 5. The SMILES string of the molecule is C=CCNC(C)C(O)c1ccc(F)cc1. The van der Waals surface area contributed by atoms with Gasteiger partial charge in [-0.05, 0) is 24.6 Å². The van der Waals surface area contributed by atoms with Crippen LogP contribution in [0, 0.1) is 5.82 Å². The minimum Gasteiger partial charge on any atom is -0.387 e. The highest BCUT2D eigenvalue weighted by atomic mass is 19.1. The van der Waals surface area contributed by atoms with Crippen LogP contribution in [0.2, 0.25) is 0 Å². The fourth-order valence-electron chi connectivity index (χ4n) is 1.33. The maximum Gasteiger partial charge on any atom is 0.123 e. The maximum atomic E-state index is 12.6. The third-order valence-corrected chi connectivity index (χ3v) is 2.27. The first-order valence-corrected chi connectivity index (χ1v) is 4.93. The monoisotopic (exact) mass is 209 g/mol. The highest BCUT2D eigenvalue weighted by Gasteiger charge is 2.14. The number of nitrogens with one attached hydrogen (secondary N) is 1. The van der Waals surface area contributed by atoms with E-state index in [0.29, 0.717) is 12.1 Å². The third-order valence-electron chi connectivity index (χ3n) is 2.27.